The van der Waals surface area contributed by atoms with Gasteiger partial charge in [-0.1, -0.05) is 35.6 Å². The van der Waals surface area contributed by atoms with Crippen molar-refractivity contribution in [2.45, 2.75) is 25.9 Å². The zero-order chi connectivity index (χ0) is 13.1. The molecule has 0 saturated carbocycles. The van der Waals surface area contributed by atoms with Crippen LogP contribution in [0.3, 0.4) is 0 Å². The Morgan fingerprint density at radius 2 is 2.11 bits per heavy atom. The first-order chi connectivity index (χ1) is 9.35. The van der Waals surface area contributed by atoms with E-state index < -0.39 is 0 Å². The summed E-state index contributed by atoms with van der Waals surface area (Å²) in [6.45, 7) is 3.04. The molecule has 5 heteroatoms. The van der Waals surface area contributed by atoms with Gasteiger partial charge in [0.05, 0.1) is 6.54 Å². The lowest BCUT2D eigenvalue weighted by Crippen LogP contribution is -2.22. The van der Waals surface area contributed by atoms with Gasteiger partial charge in [0.2, 0.25) is 5.13 Å². The van der Waals surface area contributed by atoms with E-state index in [1.807, 2.05) is 7.05 Å². The van der Waals surface area contributed by atoms with E-state index in [4.69, 9.17) is 0 Å². The molecular formula is C14H18N4S. The highest BCUT2D eigenvalue weighted by molar-refractivity contribution is 7.15. The predicted octanol–water partition coefficient (Wildman–Crippen LogP) is 2.53. The maximum absolute atomic E-state index is 4.23. The third-order valence-electron chi connectivity index (χ3n) is 3.47. The van der Waals surface area contributed by atoms with Crippen molar-refractivity contribution in [3.05, 3.63) is 40.4 Å². The van der Waals surface area contributed by atoms with Crippen LogP contribution in [0, 0.1) is 0 Å². The van der Waals surface area contributed by atoms with Crippen LogP contribution >= 0.6 is 11.3 Å². The summed E-state index contributed by atoms with van der Waals surface area (Å²) in [5, 5.41) is 13.4. The summed E-state index contributed by atoms with van der Waals surface area (Å²) in [5.74, 6) is 0. The van der Waals surface area contributed by atoms with Gasteiger partial charge in [0.15, 0.2) is 0 Å². The van der Waals surface area contributed by atoms with Crippen LogP contribution in [0.15, 0.2) is 24.3 Å². The van der Waals surface area contributed by atoms with Gasteiger partial charge in [0, 0.05) is 13.6 Å². The normalized spacial score (nSPS) is 15.8. The minimum absolute atomic E-state index is 0.894. The SMILES string of the molecule is CNc1nnc(CN2CCCc3ccccc3C2)s1. The molecule has 0 unspecified atom stereocenters. The summed E-state index contributed by atoms with van der Waals surface area (Å²) in [6, 6.07) is 8.76. The third-order valence-corrected chi connectivity index (χ3v) is 4.40. The molecule has 19 heavy (non-hydrogen) atoms. The largest absolute Gasteiger partial charge is 0.363 e. The van der Waals surface area contributed by atoms with Crippen molar-refractivity contribution in [1.82, 2.24) is 15.1 Å². The lowest BCUT2D eigenvalue weighted by atomic mass is 10.0. The lowest BCUT2D eigenvalue weighted by Gasteiger charge is -2.18. The van der Waals surface area contributed by atoms with Gasteiger partial charge in [-0.3, -0.25) is 4.90 Å². The average molecular weight is 274 g/mol. The van der Waals surface area contributed by atoms with Crippen molar-refractivity contribution >= 4 is 16.5 Å². The summed E-state index contributed by atoms with van der Waals surface area (Å²) >= 11 is 1.64. The van der Waals surface area contributed by atoms with Gasteiger partial charge < -0.3 is 5.32 Å². The first-order valence-corrected chi connectivity index (χ1v) is 7.46. The van der Waals surface area contributed by atoms with Gasteiger partial charge in [0.1, 0.15) is 5.01 Å². The Labute approximate surface area is 117 Å². The van der Waals surface area contributed by atoms with Crippen LogP contribution < -0.4 is 5.32 Å². The monoisotopic (exact) mass is 274 g/mol. The summed E-state index contributed by atoms with van der Waals surface area (Å²) in [7, 11) is 1.88. The number of hydrogen-bond acceptors (Lipinski definition) is 5. The van der Waals surface area contributed by atoms with Crippen LogP contribution in [0.2, 0.25) is 0 Å². The molecule has 1 aliphatic rings. The number of aromatic nitrogens is 2. The molecule has 1 aromatic carbocycles. The van der Waals surface area contributed by atoms with Gasteiger partial charge in [-0.15, -0.1) is 10.2 Å². The second-order valence-corrected chi connectivity index (χ2v) is 5.90. The van der Waals surface area contributed by atoms with Crippen LogP contribution in [0.25, 0.3) is 0 Å². The number of rotatable bonds is 3. The Hall–Kier alpha value is -1.46. The van der Waals surface area contributed by atoms with Crippen molar-refractivity contribution in [3.63, 3.8) is 0 Å². The van der Waals surface area contributed by atoms with Crippen LogP contribution in [0.1, 0.15) is 22.6 Å². The Morgan fingerprint density at radius 1 is 1.26 bits per heavy atom. The first kappa shape index (κ1) is 12.6. The number of benzene rings is 1. The molecule has 0 bridgehead atoms. The van der Waals surface area contributed by atoms with Crippen LogP contribution in [-0.4, -0.2) is 28.7 Å². The molecule has 0 atom stereocenters. The summed E-state index contributed by atoms with van der Waals surface area (Å²) < 4.78 is 0. The zero-order valence-corrected chi connectivity index (χ0v) is 11.9. The van der Waals surface area contributed by atoms with Gasteiger partial charge in [-0.2, -0.15) is 0 Å². The zero-order valence-electron chi connectivity index (χ0n) is 11.1. The van der Waals surface area contributed by atoms with Crippen molar-refractivity contribution < 1.29 is 0 Å². The Bertz CT molecular complexity index is 552. The minimum Gasteiger partial charge on any atom is -0.363 e. The van der Waals surface area contributed by atoms with Crippen molar-refractivity contribution in [2.75, 3.05) is 18.9 Å². The minimum atomic E-state index is 0.894. The molecule has 0 fully saturated rings. The molecule has 0 radical (unpaired) electrons. The number of fused-ring (bicyclic) bond motifs is 1. The predicted molar refractivity (Wildman–Crippen MR) is 78.3 cm³/mol. The summed E-state index contributed by atoms with van der Waals surface area (Å²) in [6.07, 6.45) is 2.40. The summed E-state index contributed by atoms with van der Waals surface area (Å²) in [4.78, 5) is 2.46. The molecule has 3 rings (SSSR count). The molecule has 4 nitrogen and oxygen atoms in total. The molecule has 1 aromatic heterocycles. The smallest absolute Gasteiger partial charge is 0.205 e. The van der Waals surface area contributed by atoms with Crippen LogP contribution in [-0.2, 0) is 19.5 Å². The molecule has 100 valence electrons. The summed E-state index contributed by atoms with van der Waals surface area (Å²) in [5.41, 5.74) is 2.96. The van der Waals surface area contributed by atoms with Crippen molar-refractivity contribution in [1.29, 1.82) is 0 Å². The highest BCUT2D eigenvalue weighted by Gasteiger charge is 2.15. The molecule has 1 aliphatic heterocycles. The third kappa shape index (κ3) is 2.93. The molecule has 0 saturated heterocycles. The first-order valence-electron chi connectivity index (χ1n) is 6.64. The second kappa shape index (κ2) is 5.67. The van der Waals surface area contributed by atoms with E-state index in [1.165, 1.54) is 24.0 Å². The quantitative estimate of drug-likeness (QED) is 0.934. The fourth-order valence-electron chi connectivity index (χ4n) is 2.51. The van der Waals surface area contributed by atoms with Crippen molar-refractivity contribution in [3.8, 4) is 0 Å². The van der Waals surface area contributed by atoms with Gasteiger partial charge >= 0.3 is 0 Å². The highest BCUT2D eigenvalue weighted by atomic mass is 32.1. The number of aryl methyl sites for hydroxylation is 1. The number of nitrogens with zero attached hydrogens (tertiary/aromatic N) is 3. The lowest BCUT2D eigenvalue weighted by molar-refractivity contribution is 0.260. The number of hydrogen-bond donors (Lipinski definition) is 1. The molecular weight excluding hydrogens is 256 g/mol. The number of anilines is 1. The van der Waals surface area contributed by atoms with Crippen molar-refractivity contribution in [2.24, 2.45) is 0 Å². The van der Waals surface area contributed by atoms with E-state index in [1.54, 1.807) is 11.3 Å². The average Bonchev–Trinajstić information content (AvgIpc) is 2.78. The van der Waals surface area contributed by atoms with Gasteiger partial charge in [0.25, 0.3) is 0 Å². The molecule has 2 heterocycles. The Kier molecular flexibility index (Phi) is 3.75. The van der Waals surface area contributed by atoms with E-state index in [2.05, 4.69) is 44.7 Å². The molecule has 2 aromatic rings. The highest BCUT2D eigenvalue weighted by Crippen LogP contribution is 2.22. The van der Waals surface area contributed by atoms with Gasteiger partial charge in [-0.25, -0.2) is 0 Å². The number of nitrogens with one attached hydrogen (secondary N) is 1. The van der Waals surface area contributed by atoms with Gasteiger partial charge in [-0.05, 0) is 30.5 Å². The Balaban J connectivity index is 1.72. The van der Waals surface area contributed by atoms with E-state index in [0.717, 1.165) is 29.8 Å². The van der Waals surface area contributed by atoms with Crippen LogP contribution in [0.4, 0.5) is 5.13 Å². The molecule has 0 spiro atoms. The second-order valence-electron chi connectivity index (χ2n) is 4.83. The standard InChI is InChI=1S/C14H18N4S/c1-15-14-17-16-13(19-14)10-18-8-4-7-11-5-2-3-6-12(11)9-18/h2-3,5-6H,4,7-10H2,1H3,(H,15,17). The van der Waals surface area contributed by atoms with Crippen LogP contribution in [0.5, 0.6) is 0 Å². The maximum atomic E-state index is 4.23. The van der Waals surface area contributed by atoms with E-state index in [-0.39, 0.29) is 0 Å². The fourth-order valence-corrected chi connectivity index (χ4v) is 3.25. The van der Waals surface area contributed by atoms with E-state index in [9.17, 15) is 0 Å². The topological polar surface area (TPSA) is 41.1 Å². The van der Waals surface area contributed by atoms with E-state index >= 15 is 0 Å². The maximum Gasteiger partial charge on any atom is 0.205 e. The molecule has 0 amide bonds. The fraction of sp³-hybridized carbons (Fsp3) is 0.429. The van der Waals surface area contributed by atoms with E-state index in [0.29, 0.717) is 0 Å². The molecule has 0 aliphatic carbocycles. The Morgan fingerprint density at radius 3 is 2.89 bits per heavy atom. The molecule has 1 N–H and O–H groups in total.